The van der Waals surface area contributed by atoms with Crippen LogP contribution in [0.3, 0.4) is 0 Å². The van der Waals surface area contributed by atoms with Gasteiger partial charge in [0.05, 0.1) is 28.3 Å². The minimum Gasteiger partial charge on any atom is -0.274 e. The minimum atomic E-state index is -0.538. The first-order chi connectivity index (χ1) is 11.1. The molecule has 7 nitrogen and oxygen atoms in total. The van der Waals surface area contributed by atoms with Crippen LogP contribution >= 0.6 is 0 Å². The summed E-state index contributed by atoms with van der Waals surface area (Å²) in [4.78, 5) is 50.4. The zero-order valence-electron chi connectivity index (χ0n) is 12.0. The Morgan fingerprint density at radius 2 is 1.48 bits per heavy atom. The molecule has 1 aromatic carbocycles. The van der Waals surface area contributed by atoms with E-state index in [4.69, 9.17) is 0 Å². The summed E-state index contributed by atoms with van der Waals surface area (Å²) in [6.07, 6.45) is 4.84. The number of benzene rings is 1. The van der Waals surface area contributed by atoms with Crippen LogP contribution in [0.25, 0.3) is 10.8 Å². The third-order valence-electron chi connectivity index (χ3n) is 4.55. The van der Waals surface area contributed by atoms with Crippen molar-refractivity contribution in [3.63, 3.8) is 0 Å². The number of carbonyl (C=O) groups is 2. The Balaban J connectivity index is 1.96. The summed E-state index contributed by atoms with van der Waals surface area (Å²) in [5, 5.41) is 4.70. The van der Waals surface area contributed by atoms with Crippen molar-refractivity contribution >= 4 is 28.3 Å². The number of fused-ring (bicyclic) bond motifs is 2. The quantitative estimate of drug-likeness (QED) is 0.597. The smallest absolute Gasteiger partial charge is 0.272 e. The zero-order chi connectivity index (χ0) is 16.1. The molecule has 0 bridgehead atoms. The number of allylic oxidation sites excluding steroid dienone is 2. The van der Waals surface area contributed by atoms with E-state index < -0.39 is 11.1 Å². The van der Waals surface area contributed by atoms with Crippen molar-refractivity contribution in [2.75, 3.05) is 4.90 Å². The second-order valence-electron chi connectivity index (χ2n) is 5.78. The van der Waals surface area contributed by atoms with Crippen LogP contribution in [0.5, 0.6) is 0 Å². The van der Waals surface area contributed by atoms with Crippen molar-refractivity contribution in [3.8, 4) is 0 Å². The standard InChI is InChI=1S/C16H13N3O4/c20-13-10-6-3-7-11(12(10)14(21)18-17-13)19-15(22)8-4-1-2-5-9(8)16(19)23/h1-3,6-9H,4-5H2,(H,17,20)(H,18,21). The number of aromatic amines is 2. The molecule has 0 spiro atoms. The minimum absolute atomic E-state index is 0.0598. The van der Waals surface area contributed by atoms with E-state index in [1.807, 2.05) is 12.2 Å². The molecule has 1 aliphatic heterocycles. The lowest BCUT2D eigenvalue weighted by molar-refractivity contribution is -0.122. The van der Waals surface area contributed by atoms with Gasteiger partial charge in [0.15, 0.2) is 0 Å². The van der Waals surface area contributed by atoms with Crippen LogP contribution in [0.2, 0.25) is 0 Å². The van der Waals surface area contributed by atoms with Gasteiger partial charge in [-0.25, -0.2) is 4.90 Å². The van der Waals surface area contributed by atoms with Crippen LogP contribution < -0.4 is 16.0 Å². The summed E-state index contributed by atoms with van der Waals surface area (Å²) < 4.78 is 0. The maximum absolute atomic E-state index is 12.7. The van der Waals surface area contributed by atoms with E-state index in [1.165, 1.54) is 12.1 Å². The second kappa shape index (κ2) is 4.77. The number of rotatable bonds is 1. The first-order valence-corrected chi connectivity index (χ1v) is 7.36. The molecule has 2 amide bonds. The monoisotopic (exact) mass is 311 g/mol. The summed E-state index contributed by atoms with van der Waals surface area (Å²) in [5.74, 6) is -1.39. The molecule has 2 aliphatic rings. The van der Waals surface area contributed by atoms with Gasteiger partial charge in [-0.1, -0.05) is 18.2 Å². The van der Waals surface area contributed by atoms with Gasteiger partial charge in [0.2, 0.25) is 11.8 Å². The average Bonchev–Trinajstić information content (AvgIpc) is 2.82. The topological polar surface area (TPSA) is 103 Å². The molecular weight excluding hydrogens is 298 g/mol. The number of anilines is 1. The molecule has 2 N–H and O–H groups in total. The Labute approximate surface area is 129 Å². The van der Waals surface area contributed by atoms with Crippen molar-refractivity contribution in [3.05, 3.63) is 51.1 Å². The first kappa shape index (κ1) is 13.7. The molecule has 2 aromatic rings. The molecule has 1 aliphatic carbocycles. The van der Waals surface area contributed by atoms with E-state index in [2.05, 4.69) is 10.2 Å². The van der Waals surface area contributed by atoms with Crippen LogP contribution in [0, 0.1) is 11.8 Å². The summed E-state index contributed by atoms with van der Waals surface area (Å²) in [5.41, 5.74) is -0.831. The molecular formula is C16H13N3O4. The summed E-state index contributed by atoms with van der Waals surface area (Å²) >= 11 is 0. The zero-order valence-corrected chi connectivity index (χ0v) is 12.0. The molecule has 2 atom stereocenters. The van der Waals surface area contributed by atoms with Gasteiger partial charge in [0.1, 0.15) is 0 Å². The van der Waals surface area contributed by atoms with Crippen molar-refractivity contribution in [2.24, 2.45) is 11.8 Å². The summed E-state index contributed by atoms with van der Waals surface area (Å²) in [7, 11) is 0. The highest BCUT2D eigenvalue weighted by Crippen LogP contribution is 2.38. The Kier molecular flexibility index (Phi) is 2.84. The molecule has 2 heterocycles. The van der Waals surface area contributed by atoms with Gasteiger partial charge in [-0.05, 0) is 25.0 Å². The number of hydrogen-bond acceptors (Lipinski definition) is 4. The summed E-state index contributed by atoms with van der Waals surface area (Å²) in [6.45, 7) is 0. The Bertz CT molecular complexity index is 959. The van der Waals surface area contributed by atoms with Crippen LogP contribution in [0.4, 0.5) is 5.69 Å². The Morgan fingerprint density at radius 3 is 2.13 bits per heavy atom. The van der Waals surface area contributed by atoms with Gasteiger partial charge in [-0.3, -0.25) is 29.4 Å². The SMILES string of the molecule is O=C1C2CC=CCC2C(=O)N1c1cccc2c(=O)[nH][nH]c(=O)c12. The maximum atomic E-state index is 12.7. The number of hydrogen-bond donors (Lipinski definition) is 2. The number of aromatic nitrogens is 2. The fraction of sp³-hybridized carbons (Fsp3) is 0.250. The van der Waals surface area contributed by atoms with Gasteiger partial charge in [-0.2, -0.15) is 0 Å². The molecule has 0 radical (unpaired) electrons. The number of H-pyrrole nitrogens is 2. The lowest BCUT2D eigenvalue weighted by Gasteiger charge is -2.16. The van der Waals surface area contributed by atoms with Gasteiger partial charge in [-0.15, -0.1) is 0 Å². The van der Waals surface area contributed by atoms with Crippen LogP contribution in [0.15, 0.2) is 39.9 Å². The number of imide groups is 1. The number of nitrogens with zero attached hydrogens (tertiary/aromatic N) is 1. The molecule has 1 aromatic heterocycles. The van der Waals surface area contributed by atoms with Crippen molar-refractivity contribution in [1.82, 2.24) is 10.2 Å². The average molecular weight is 311 g/mol. The Hall–Kier alpha value is -2.96. The molecule has 23 heavy (non-hydrogen) atoms. The lowest BCUT2D eigenvalue weighted by atomic mass is 9.85. The van der Waals surface area contributed by atoms with Crippen LogP contribution in [-0.2, 0) is 9.59 Å². The fourth-order valence-electron chi connectivity index (χ4n) is 3.44. The molecule has 7 heteroatoms. The predicted molar refractivity (Wildman–Crippen MR) is 83.0 cm³/mol. The van der Waals surface area contributed by atoms with E-state index in [1.54, 1.807) is 6.07 Å². The molecule has 116 valence electrons. The van der Waals surface area contributed by atoms with Crippen LogP contribution in [-0.4, -0.2) is 22.0 Å². The second-order valence-corrected chi connectivity index (χ2v) is 5.78. The summed E-state index contributed by atoms with van der Waals surface area (Å²) in [6, 6.07) is 4.58. The van der Waals surface area contributed by atoms with Crippen molar-refractivity contribution < 1.29 is 9.59 Å². The van der Waals surface area contributed by atoms with E-state index in [-0.39, 0.29) is 40.1 Å². The fourth-order valence-corrected chi connectivity index (χ4v) is 3.44. The van der Waals surface area contributed by atoms with Crippen LogP contribution in [0.1, 0.15) is 12.8 Å². The van der Waals surface area contributed by atoms with Gasteiger partial charge >= 0.3 is 0 Å². The number of nitrogens with one attached hydrogen (secondary N) is 2. The number of carbonyl (C=O) groups excluding carboxylic acids is 2. The highest BCUT2D eigenvalue weighted by molar-refractivity contribution is 6.24. The highest BCUT2D eigenvalue weighted by Gasteiger charge is 2.48. The maximum Gasteiger partial charge on any atom is 0.272 e. The first-order valence-electron chi connectivity index (χ1n) is 7.36. The van der Waals surface area contributed by atoms with Crippen molar-refractivity contribution in [1.29, 1.82) is 0 Å². The van der Waals surface area contributed by atoms with E-state index >= 15 is 0 Å². The molecule has 4 rings (SSSR count). The number of amides is 2. The van der Waals surface area contributed by atoms with Gasteiger partial charge < -0.3 is 0 Å². The predicted octanol–water partition coefficient (Wildman–Crippen LogP) is 0.672. The molecule has 0 saturated carbocycles. The van der Waals surface area contributed by atoms with Crippen molar-refractivity contribution in [2.45, 2.75) is 12.8 Å². The Morgan fingerprint density at radius 1 is 0.870 bits per heavy atom. The molecule has 1 saturated heterocycles. The lowest BCUT2D eigenvalue weighted by Crippen LogP contribution is -2.32. The normalized spacial score (nSPS) is 23.6. The largest absolute Gasteiger partial charge is 0.274 e. The molecule has 1 fully saturated rings. The third kappa shape index (κ3) is 1.82. The third-order valence-corrected chi connectivity index (χ3v) is 4.55. The van der Waals surface area contributed by atoms with E-state index in [0.717, 1.165) is 4.90 Å². The van der Waals surface area contributed by atoms with Gasteiger partial charge in [0, 0.05) is 0 Å². The molecule has 2 unspecified atom stereocenters. The van der Waals surface area contributed by atoms with Gasteiger partial charge in [0.25, 0.3) is 11.1 Å². The van der Waals surface area contributed by atoms with E-state index in [9.17, 15) is 19.2 Å². The highest BCUT2D eigenvalue weighted by atomic mass is 16.2. The van der Waals surface area contributed by atoms with E-state index in [0.29, 0.717) is 12.8 Å².